The number of benzene rings is 2. The van der Waals surface area contributed by atoms with E-state index < -0.39 is 0 Å². The van der Waals surface area contributed by atoms with Crippen molar-refractivity contribution < 1.29 is 9.21 Å². The first-order chi connectivity index (χ1) is 11.0. The van der Waals surface area contributed by atoms with E-state index in [0.717, 1.165) is 11.1 Å². The van der Waals surface area contributed by atoms with Crippen LogP contribution in [0.25, 0.3) is 11.1 Å². The zero-order valence-electron chi connectivity index (χ0n) is 13.0. The number of amides is 1. The van der Waals surface area contributed by atoms with Gasteiger partial charge in [0.25, 0.3) is 5.91 Å². The molecule has 0 atom stereocenters. The summed E-state index contributed by atoms with van der Waals surface area (Å²) in [5.74, 6) is 0.711. The monoisotopic (exact) mass is 328 g/mol. The molecule has 0 spiro atoms. The molecule has 0 aliphatic heterocycles. The summed E-state index contributed by atoms with van der Waals surface area (Å²) in [6, 6.07) is 12.7. The van der Waals surface area contributed by atoms with Crippen LogP contribution in [0.15, 0.2) is 46.9 Å². The van der Waals surface area contributed by atoms with Gasteiger partial charge in [0.15, 0.2) is 11.5 Å². The molecule has 0 unspecified atom stereocenters. The van der Waals surface area contributed by atoms with Crippen molar-refractivity contribution in [2.45, 2.75) is 26.3 Å². The van der Waals surface area contributed by atoms with Gasteiger partial charge in [-0.15, -0.1) is 0 Å². The maximum atomic E-state index is 12.3. The highest BCUT2D eigenvalue weighted by Gasteiger charge is 2.12. The number of aromatic nitrogens is 1. The molecule has 2 aromatic carbocycles. The van der Waals surface area contributed by atoms with Crippen LogP contribution in [0.3, 0.4) is 0 Å². The molecular weight excluding hydrogens is 312 g/mol. The Labute approximate surface area is 139 Å². The molecule has 0 fully saturated rings. The van der Waals surface area contributed by atoms with Gasteiger partial charge in [0.05, 0.1) is 0 Å². The van der Waals surface area contributed by atoms with Crippen LogP contribution in [0.5, 0.6) is 0 Å². The average Bonchev–Trinajstić information content (AvgIpc) is 2.97. The Morgan fingerprint density at radius 1 is 1.26 bits per heavy atom. The van der Waals surface area contributed by atoms with Crippen LogP contribution < -0.4 is 5.32 Å². The molecule has 1 N–H and O–H groups in total. The van der Waals surface area contributed by atoms with Gasteiger partial charge in [-0.2, -0.15) is 0 Å². The standard InChI is InChI=1S/C18H17ClN2O2/c1-11(2)18-21-15-8-7-12(9-16(15)23-18)17(22)20-10-13-5-3-4-6-14(13)19/h3-9,11H,10H2,1-2H3,(H,20,22). The van der Waals surface area contributed by atoms with Crippen LogP contribution >= 0.6 is 11.6 Å². The molecule has 0 saturated carbocycles. The minimum atomic E-state index is -0.172. The van der Waals surface area contributed by atoms with Crippen molar-refractivity contribution in [3.8, 4) is 0 Å². The molecule has 0 aliphatic rings. The summed E-state index contributed by atoms with van der Waals surface area (Å²) in [6.45, 7) is 4.41. The predicted molar refractivity (Wildman–Crippen MR) is 90.7 cm³/mol. The summed E-state index contributed by atoms with van der Waals surface area (Å²) < 4.78 is 5.69. The molecule has 0 aliphatic carbocycles. The van der Waals surface area contributed by atoms with E-state index in [2.05, 4.69) is 10.3 Å². The SMILES string of the molecule is CC(C)c1nc2ccc(C(=O)NCc3ccccc3Cl)cc2o1. The predicted octanol–water partition coefficient (Wildman–Crippen LogP) is 4.53. The van der Waals surface area contributed by atoms with E-state index in [9.17, 15) is 4.79 Å². The summed E-state index contributed by atoms with van der Waals surface area (Å²) in [5.41, 5.74) is 2.80. The van der Waals surface area contributed by atoms with Crippen LogP contribution in [0.2, 0.25) is 5.02 Å². The van der Waals surface area contributed by atoms with Gasteiger partial charge >= 0.3 is 0 Å². The first-order valence-corrected chi connectivity index (χ1v) is 7.84. The van der Waals surface area contributed by atoms with Gasteiger partial charge in [-0.3, -0.25) is 4.79 Å². The molecule has 23 heavy (non-hydrogen) atoms. The van der Waals surface area contributed by atoms with Crippen LogP contribution in [0, 0.1) is 0 Å². The molecule has 1 amide bonds. The smallest absolute Gasteiger partial charge is 0.251 e. The quantitative estimate of drug-likeness (QED) is 0.765. The lowest BCUT2D eigenvalue weighted by Gasteiger charge is -2.06. The molecule has 0 bridgehead atoms. The first kappa shape index (κ1) is 15.6. The fraction of sp³-hybridized carbons (Fsp3) is 0.222. The minimum Gasteiger partial charge on any atom is -0.440 e. The number of nitrogens with zero attached hydrogens (tertiary/aromatic N) is 1. The second kappa shape index (κ2) is 6.42. The second-order valence-electron chi connectivity index (χ2n) is 5.66. The van der Waals surface area contributed by atoms with Gasteiger partial charge in [-0.25, -0.2) is 4.98 Å². The summed E-state index contributed by atoms with van der Waals surface area (Å²) in [7, 11) is 0. The van der Waals surface area contributed by atoms with E-state index in [0.29, 0.717) is 28.6 Å². The van der Waals surface area contributed by atoms with Crippen molar-refractivity contribution >= 4 is 28.6 Å². The summed E-state index contributed by atoms with van der Waals surface area (Å²) in [4.78, 5) is 16.7. The average molecular weight is 329 g/mol. The van der Waals surface area contributed by atoms with E-state index in [1.54, 1.807) is 24.3 Å². The van der Waals surface area contributed by atoms with Gasteiger partial charge < -0.3 is 9.73 Å². The van der Waals surface area contributed by atoms with E-state index in [4.69, 9.17) is 16.0 Å². The van der Waals surface area contributed by atoms with E-state index in [1.165, 1.54) is 0 Å². The van der Waals surface area contributed by atoms with E-state index >= 15 is 0 Å². The lowest BCUT2D eigenvalue weighted by atomic mass is 10.2. The van der Waals surface area contributed by atoms with Crippen LogP contribution in [0.1, 0.15) is 41.6 Å². The van der Waals surface area contributed by atoms with Crippen LogP contribution in [-0.2, 0) is 6.54 Å². The van der Waals surface area contributed by atoms with Crippen molar-refractivity contribution in [3.63, 3.8) is 0 Å². The number of halogens is 1. The highest BCUT2D eigenvalue weighted by atomic mass is 35.5. The largest absolute Gasteiger partial charge is 0.440 e. The summed E-state index contributed by atoms with van der Waals surface area (Å²) in [5, 5.41) is 3.50. The molecule has 118 valence electrons. The van der Waals surface area contributed by atoms with E-state index in [-0.39, 0.29) is 11.8 Å². The summed E-state index contributed by atoms with van der Waals surface area (Å²) in [6.07, 6.45) is 0. The first-order valence-electron chi connectivity index (χ1n) is 7.46. The van der Waals surface area contributed by atoms with Crippen molar-refractivity contribution in [1.82, 2.24) is 10.3 Å². The minimum absolute atomic E-state index is 0.172. The van der Waals surface area contributed by atoms with Gasteiger partial charge in [0, 0.05) is 23.0 Å². The van der Waals surface area contributed by atoms with Crippen molar-refractivity contribution in [3.05, 3.63) is 64.5 Å². The molecule has 4 nitrogen and oxygen atoms in total. The molecule has 0 radical (unpaired) electrons. The maximum Gasteiger partial charge on any atom is 0.251 e. The van der Waals surface area contributed by atoms with Crippen LogP contribution in [0.4, 0.5) is 0 Å². The van der Waals surface area contributed by atoms with Crippen LogP contribution in [-0.4, -0.2) is 10.9 Å². The molecule has 1 aromatic heterocycles. The van der Waals surface area contributed by atoms with Gasteiger partial charge in [0.2, 0.25) is 0 Å². The molecule has 1 heterocycles. The lowest BCUT2D eigenvalue weighted by molar-refractivity contribution is 0.0951. The molecular formula is C18H17ClN2O2. The van der Waals surface area contributed by atoms with E-state index in [1.807, 2.05) is 32.0 Å². The maximum absolute atomic E-state index is 12.3. The van der Waals surface area contributed by atoms with Crippen molar-refractivity contribution in [2.75, 3.05) is 0 Å². The second-order valence-corrected chi connectivity index (χ2v) is 6.07. The van der Waals surface area contributed by atoms with Gasteiger partial charge in [-0.05, 0) is 29.8 Å². The number of rotatable bonds is 4. The number of oxazole rings is 1. The molecule has 0 saturated heterocycles. The topological polar surface area (TPSA) is 55.1 Å². The zero-order chi connectivity index (χ0) is 16.4. The Morgan fingerprint density at radius 2 is 2.04 bits per heavy atom. The zero-order valence-corrected chi connectivity index (χ0v) is 13.7. The fourth-order valence-electron chi connectivity index (χ4n) is 2.25. The number of hydrogen-bond acceptors (Lipinski definition) is 3. The Hall–Kier alpha value is -2.33. The lowest BCUT2D eigenvalue weighted by Crippen LogP contribution is -2.22. The number of carbonyl (C=O) groups is 1. The fourth-order valence-corrected chi connectivity index (χ4v) is 2.45. The highest BCUT2D eigenvalue weighted by Crippen LogP contribution is 2.22. The molecule has 5 heteroatoms. The number of nitrogens with one attached hydrogen (secondary N) is 1. The number of carbonyl (C=O) groups excluding carboxylic acids is 1. The number of fused-ring (bicyclic) bond motifs is 1. The van der Waals surface area contributed by atoms with Gasteiger partial charge in [0.1, 0.15) is 5.52 Å². The normalized spacial score (nSPS) is 11.1. The molecule has 3 aromatic rings. The van der Waals surface area contributed by atoms with Crippen molar-refractivity contribution in [1.29, 1.82) is 0 Å². The van der Waals surface area contributed by atoms with Crippen molar-refractivity contribution in [2.24, 2.45) is 0 Å². The third-order valence-corrected chi connectivity index (χ3v) is 3.93. The van der Waals surface area contributed by atoms with Gasteiger partial charge in [-0.1, -0.05) is 43.6 Å². The molecule has 3 rings (SSSR count). The third-order valence-electron chi connectivity index (χ3n) is 3.56. The summed E-state index contributed by atoms with van der Waals surface area (Å²) >= 11 is 6.09. The Kier molecular flexibility index (Phi) is 4.35. The number of hydrogen-bond donors (Lipinski definition) is 1. The Bertz CT molecular complexity index is 855. The third kappa shape index (κ3) is 3.37. The highest BCUT2D eigenvalue weighted by molar-refractivity contribution is 6.31. The Balaban J connectivity index is 1.77. The Morgan fingerprint density at radius 3 is 2.78 bits per heavy atom.